The van der Waals surface area contributed by atoms with Crippen molar-refractivity contribution in [2.75, 3.05) is 6.54 Å². The van der Waals surface area contributed by atoms with Crippen LogP contribution in [0.25, 0.3) is 0 Å². The molecule has 1 atom stereocenters. The van der Waals surface area contributed by atoms with Crippen LogP contribution in [0.3, 0.4) is 0 Å². The first kappa shape index (κ1) is 10.4. The lowest BCUT2D eigenvalue weighted by molar-refractivity contribution is 0.0547. The molecule has 0 aliphatic heterocycles. The molecule has 0 aromatic heterocycles. The van der Waals surface area contributed by atoms with E-state index in [1.165, 1.54) is 25.7 Å². The SMILES string of the molecule is NCC(F)(C1CCCCCC1)C1CC1. The van der Waals surface area contributed by atoms with Crippen molar-refractivity contribution in [2.45, 2.75) is 57.0 Å². The Labute approximate surface area is 86.2 Å². The van der Waals surface area contributed by atoms with Gasteiger partial charge in [-0.3, -0.25) is 0 Å². The minimum Gasteiger partial charge on any atom is -0.328 e. The third kappa shape index (κ3) is 1.95. The first-order chi connectivity index (χ1) is 6.77. The summed E-state index contributed by atoms with van der Waals surface area (Å²) < 4.78 is 14.6. The van der Waals surface area contributed by atoms with Gasteiger partial charge in [0.05, 0.1) is 0 Å². The molecule has 0 aromatic rings. The minimum atomic E-state index is -1.01. The highest BCUT2D eigenvalue weighted by atomic mass is 19.1. The molecule has 2 rings (SSSR count). The van der Waals surface area contributed by atoms with E-state index in [0.717, 1.165) is 25.7 Å². The van der Waals surface area contributed by atoms with Crippen LogP contribution in [0.5, 0.6) is 0 Å². The van der Waals surface area contributed by atoms with Gasteiger partial charge in [-0.1, -0.05) is 25.7 Å². The minimum absolute atomic E-state index is 0.252. The Balaban J connectivity index is 2.01. The van der Waals surface area contributed by atoms with Crippen LogP contribution in [0.15, 0.2) is 0 Å². The molecule has 2 fully saturated rings. The molecule has 0 heterocycles. The molecule has 1 unspecified atom stereocenters. The van der Waals surface area contributed by atoms with Crippen molar-refractivity contribution in [3.63, 3.8) is 0 Å². The Bertz CT molecular complexity index is 183. The summed E-state index contributed by atoms with van der Waals surface area (Å²) in [5.74, 6) is 0.568. The van der Waals surface area contributed by atoms with E-state index in [4.69, 9.17) is 5.73 Å². The lowest BCUT2D eigenvalue weighted by Crippen LogP contribution is -2.42. The molecule has 0 amide bonds. The van der Waals surface area contributed by atoms with E-state index in [1.54, 1.807) is 0 Å². The van der Waals surface area contributed by atoms with Crippen molar-refractivity contribution in [1.29, 1.82) is 0 Å². The number of halogens is 1. The zero-order valence-corrected chi connectivity index (χ0v) is 8.97. The second-order valence-electron chi connectivity index (χ2n) is 5.09. The standard InChI is InChI=1S/C12H22FN/c13-12(9-14,11-7-8-11)10-5-3-1-2-4-6-10/h10-11H,1-9,14H2. The molecule has 0 radical (unpaired) electrons. The Morgan fingerprint density at radius 2 is 1.43 bits per heavy atom. The van der Waals surface area contributed by atoms with Crippen LogP contribution in [-0.2, 0) is 0 Å². The quantitative estimate of drug-likeness (QED) is 0.695. The third-order valence-corrected chi connectivity index (χ3v) is 4.10. The fraction of sp³-hybridized carbons (Fsp3) is 1.00. The number of alkyl halides is 1. The highest BCUT2D eigenvalue weighted by Gasteiger charge is 2.49. The van der Waals surface area contributed by atoms with Crippen LogP contribution in [-0.4, -0.2) is 12.2 Å². The van der Waals surface area contributed by atoms with Crippen LogP contribution in [0.4, 0.5) is 4.39 Å². The third-order valence-electron chi connectivity index (χ3n) is 4.10. The fourth-order valence-electron chi connectivity index (χ4n) is 2.99. The molecule has 2 saturated carbocycles. The average Bonchev–Trinajstić information content (AvgIpc) is 3.03. The lowest BCUT2D eigenvalue weighted by Gasteiger charge is -2.32. The molecule has 0 spiro atoms. The first-order valence-corrected chi connectivity index (χ1v) is 6.16. The van der Waals surface area contributed by atoms with Gasteiger partial charge in [-0.25, -0.2) is 4.39 Å². The summed E-state index contributed by atoms with van der Waals surface area (Å²) in [7, 11) is 0. The molecular formula is C12H22FN. The summed E-state index contributed by atoms with van der Waals surface area (Å²) in [4.78, 5) is 0. The van der Waals surface area contributed by atoms with Crippen molar-refractivity contribution in [3.8, 4) is 0 Å². The van der Waals surface area contributed by atoms with E-state index in [2.05, 4.69) is 0 Å². The predicted molar refractivity (Wildman–Crippen MR) is 56.8 cm³/mol. The Hall–Kier alpha value is -0.110. The van der Waals surface area contributed by atoms with Gasteiger partial charge in [-0.05, 0) is 37.5 Å². The maximum Gasteiger partial charge on any atom is 0.128 e. The van der Waals surface area contributed by atoms with Gasteiger partial charge in [0.1, 0.15) is 5.67 Å². The molecule has 2 aliphatic carbocycles. The number of rotatable bonds is 3. The highest BCUT2D eigenvalue weighted by Crippen LogP contribution is 2.49. The fourth-order valence-corrected chi connectivity index (χ4v) is 2.99. The smallest absolute Gasteiger partial charge is 0.128 e. The average molecular weight is 199 g/mol. The second kappa shape index (κ2) is 4.18. The molecule has 0 bridgehead atoms. The zero-order chi connectivity index (χ0) is 10.0. The Morgan fingerprint density at radius 3 is 1.86 bits per heavy atom. The zero-order valence-electron chi connectivity index (χ0n) is 8.97. The van der Waals surface area contributed by atoms with Crippen molar-refractivity contribution in [3.05, 3.63) is 0 Å². The Kier molecular flexibility index (Phi) is 3.10. The van der Waals surface area contributed by atoms with Gasteiger partial charge in [0, 0.05) is 6.54 Å². The molecule has 1 nitrogen and oxygen atoms in total. The van der Waals surface area contributed by atoms with E-state index in [-0.39, 0.29) is 12.5 Å². The van der Waals surface area contributed by atoms with Crippen molar-refractivity contribution < 1.29 is 4.39 Å². The summed E-state index contributed by atoms with van der Waals surface area (Å²) in [6.07, 6.45) is 9.30. The Morgan fingerprint density at radius 1 is 0.929 bits per heavy atom. The van der Waals surface area contributed by atoms with Gasteiger partial charge in [-0.2, -0.15) is 0 Å². The largest absolute Gasteiger partial charge is 0.328 e. The number of hydrogen-bond acceptors (Lipinski definition) is 1. The maximum atomic E-state index is 14.6. The second-order valence-corrected chi connectivity index (χ2v) is 5.09. The lowest BCUT2D eigenvalue weighted by atomic mass is 9.80. The van der Waals surface area contributed by atoms with Gasteiger partial charge < -0.3 is 5.73 Å². The first-order valence-electron chi connectivity index (χ1n) is 6.16. The summed E-state index contributed by atoms with van der Waals surface area (Å²) in [5, 5.41) is 0. The molecule has 2 aliphatic rings. The molecule has 14 heavy (non-hydrogen) atoms. The van der Waals surface area contributed by atoms with Crippen LogP contribution in [0, 0.1) is 11.8 Å². The van der Waals surface area contributed by atoms with Gasteiger partial charge in [0.15, 0.2) is 0 Å². The molecular weight excluding hydrogens is 177 g/mol. The molecule has 0 aromatic carbocycles. The van der Waals surface area contributed by atoms with E-state index in [9.17, 15) is 4.39 Å². The topological polar surface area (TPSA) is 26.0 Å². The van der Waals surface area contributed by atoms with Crippen molar-refractivity contribution in [1.82, 2.24) is 0 Å². The van der Waals surface area contributed by atoms with Gasteiger partial charge in [0.2, 0.25) is 0 Å². The summed E-state index contributed by atoms with van der Waals surface area (Å²) in [5.41, 5.74) is 4.65. The highest BCUT2D eigenvalue weighted by molar-refractivity contribution is 5.00. The van der Waals surface area contributed by atoms with Crippen molar-refractivity contribution in [2.24, 2.45) is 17.6 Å². The molecule has 2 heteroatoms. The number of nitrogens with two attached hydrogens (primary N) is 1. The van der Waals surface area contributed by atoms with Gasteiger partial charge in [-0.15, -0.1) is 0 Å². The predicted octanol–water partition coefficient (Wildman–Crippen LogP) is 3.03. The summed E-state index contributed by atoms with van der Waals surface area (Å²) in [6, 6.07) is 0. The summed E-state index contributed by atoms with van der Waals surface area (Å²) >= 11 is 0. The number of hydrogen-bond donors (Lipinski definition) is 1. The van der Waals surface area contributed by atoms with Gasteiger partial charge >= 0.3 is 0 Å². The van der Waals surface area contributed by atoms with Crippen LogP contribution in [0.2, 0.25) is 0 Å². The maximum absolute atomic E-state index is 14.6. The van der Waals surface area contributed by atoms with Crippen LogP contribution >= 0.6 is 0 Å². The van der Waals surface area contributed by atoms with E-state index < -0.39 is 5.67 Å². The van der Waals surface area contributed by atoms with Crippen LogP contribution < -0.4 is 5.73 Å². The molecule has 2 N–H and O–H groups in total. The molecule has 0 saturated heterocycles. The van der Waals surface area contributed by atoms with Crippen molar-refractivity contribution >= 4 is 0 Å². The molecule has 82 valence electrons. The van der Waals surface area contributed by atoms with Gasteiger partial charge in [0.25, 0.3) is 0 Å². The summed E-state index contributed by atoms with van der Waals surface area (Å²) in [6.45, 7) is 0.252. The van der Waals surface area contributed by atoms with E-state index in [0.29, 0.717) is 5.92 Å². The van der Waals surface area contributed by atoms with E-state index >= 15 is 0 Å². The normalized spacial score (nSPS) is 29.6. The van der Waals surface area contributed by atoms with E-state index in [1.807, 2.05) is 0 Å². The van der Waals surface area contributed by atoms with Crippen LogP contribution in [0.1, 0.15) is 51.4 Å². The monoisotopic (exact) mass is 199 g/mol.